The van der Waals surface area contributed by atoms with Crippen molar-refractivity contribution in [1.29, 1.82) is 0 Å². The Bertz CT molecular complexity index is 459. The molecule has 0 bridgehead atoms. The van der Waals surface area contributed by atoms with Crippen molar-refractivity contribution in [2.24, 2.45) is 0 Å². The van der Waals surface area contributed by atoms with E-state index in [0.717, 1.165) is 6.42 Å². The monoisotopic (exact) mass is 336 g/mol. The van der Waals surface area contributed by atoms with Gasteiger partial charge in [0.2, 0.25) is 0 Å². The minimum atomic E-state index is -0.391. The van der Waals surface area contributed by atoms with Crippen molar-refractivity contribution in [3.05, 3.63) is 49.6 Å². The van der Waals surface area contributed by atoms with Crippen LogP contribution in [0.4, 0.5) is 0 Å². The van der Waals surface area contributed by atoms with Crippen molar-refractivity contribution in [3.63, 3.8) is 0 Å². The summed E-state index contributed by atoms with van der Waals surface area (Å²) in [5.41, 5.74) is 0. The normalized spacial score (nSPS) is 31.2. The highest BCUT2D eigenvalue weighted by Crippen LogP contribution is 2.23. The van der Waals surface area contributed by atoms with Gasteiger partial charge < -0.3 is 23.7 Å². The van der Waals surface area contributed by atoms with Crippen molar-refractivity contribution >= 4 is 0 Å². The Balaban J connectivity index is 1.69. The van der Waals surface area contributed by atoms with Gasteiger partial charge in [0.05, 0.1) is 25.4 Å². The van der Waals surface area contributed by atoms with Gasteiger partial charge >= 0.3 is 0 Å². The molecule has 0 radical (unpaired) electrons. The fraction of sp³-hybridized carbons (Fsp3) is 0.579. The van der Waals surface area contributed by atoms with E-state index in [2.05, 4.69) is 13.2 Å². The lowest BCUT2D eigenvalue weighted by atomic mass is 10.2. The van der Waals surface area contributed by atoms with Crippen molar-refractivity contribution in [2.75, 3.05) is 13.2 Å². The van der Waals surface area contributed by atoms with Crippen molar-refractivity contribution in [3.8, 4) is 0 Å². The summed E-state index contributed by atoms with van der Waals surface area (Å²) < 4.78 is 28.7. The van der Waals surface area contributed by atoms with Gasteiger partial charge in [0.25, 0.3) is 0 Å². The average molecular weight is 336 g/mol. The zero-order chi connectivity index (χ0) is 17.4. The maximum Gasteiger partial charge on any atom is 0.178 e. The van der Waals surface area contributed by atoms with Crippen molar-refractivity contribution in [1.82, 2.24) is 0 Å². The molecule has 0 aromatic rings. The Morgan fingerprint density at radius 3 is 2.33 bits per heavy atom. The molecule has 2 aliphatic rings. The molecule has 0 aliphatic carbocycles. The van der Waals surface area contributed by atoms with E-state index in [0.29, 0.717) is 13.2 Å². The van der Waals surface area contributed by atoms with Crippen LogP contribution in [-0.2, 0) is 23.7 Å². The van der Waals surface area contributed by atoms with Gasteiger partial charge in [-0.15, -0.1) is 13.2 Å². The average Bonchev–Trinajstić information content (AvgIpc) is 3.22. The molecule has 0 unspecified atom stereocenters. The van der Waals surface area contributed by atoms with Crippen LogP contribution in [0.3, 0.4) is 0 Å². The van der Waals surface area contributed by atoms with Gasteiger partial charge in [0, 0.05) is 0 Å². The Morgan fingerprint density at radius 1 is 0.958 bits per heavy atom. The molecule has 0 amide bonds. The van der Waals surface area contributed by atoms with Crippen LogP contribution in [0.1, 0.15) is 20.3 Å². The van der Waals surface area contributed by atoms with E-state index in [1.54, 1.807) is 6.08 Å². The maximum atomic E-state index is 5.92. The third-order valence-electron chi connectivity index (χ3n) is 3.85. The predicted octanol–water partition coefficient (Wildman–Crippen LogP) is 3.14. The molecule has 134 valence electrons. The zero-order valence-corrected chi connectivity index (χ0v) is 14.5. The summed E-state index contributed by atoms with van der Waals surface area (Å²) >= 11 is 0. The highest BCUT2D eigenvalue weighted by Gasteiger charge is 2.30. The van der Waals surface area contributed by atoms with E-state index in [4.69, 9.17) is 23.7 Å². The van der Waals surface area contributed by atoms with Crippen LogP contribution in [0.2, 0.25) is 0 Å². The molecule has 0 spiro atoms. The quantitative estimate of drug-likeness (QED) is 0.428. The summed E-state index contributed by atoms with van der Waals surface area (Å²) in [6.07, 6.45) is 10.9. The Labute approximate surface area is 144 Å². The molecule has 5 nitrogen and oxygen atoms in total. The second-order valence-electron chi connectivity index (χ2n) is 5.82. The van der Waals surface area contributed by atoms with Crippen LogP contribution >= 0.6 is 0 Å². The number of ether oxygens (including phenoxy) is 5. The summed E-state index contributed by atoms with van der Waals surface area (Å²) in [6, 6.07) is 0. The van der Waals surface area contributed by atoms with E-state index in [-0.39, 0.29) is 30.7 Å². The van der Waals surface area contributed by atoms with Gasteiger partial charge in [-0.05, 0) is 32.4 Å². The fourth-order valence-corrected chi connectivity index (χ4v) is 2.47. The van der Waals surface area contributed by atoms with Crippen LogP contribution in [0.25, 0.3) is 0 Å². The molecule has 2 heterocycles. The standard InChI is InChI=1S/C19H28O5/c1-5-7-13-21-18-10-8-17(23-18)15(4)22-19-11-9-16(24-19)14(3)20-12-6-2/h5-6,8-11,14-19H,1-2,7,12-13H2,3-4H3/t14-,15-,16+,17+,18+,19+/m1/s1. The maximum absolute atomic E-state index is 5.92. The van der Waals surface area contributed by atoms with Gasteiger partial charge in [-0.1, -0.05) is 24.3 Å². The number of hydrogen-bond donors (Lipinski definition) is 0. The van der Waals surface area contributed by atoms with E-state index >= 15 is 0 Å². The summed E-state index contributed by atoms with van der Waals surface area (Å²) in [5.74, 6) is 0. The molecular formula is C19H28O5. The summed E-state index contributed by atoms with van der Waals surface area (Å²) in [4.78, 5) is 0. The molecule has 24 heavy (non-hydrogen) atoms. The topological polar surface area (TPSA) is 46.2 Å². The van der Waals surface area contributed by atoms with Gasteiger partial charge in [0.15, 0.2) is 12.6 Å². The molecule has 5 heteroatoms. The Hall–Kier alpha value is -1.24. The zero-order valence-electron chi connectivity index (χ0n) is 14.5. The first-order chi connectivity index (χ1) is 11.6. The van der Waals surface area contributed by atoms with E-state index in [1.165, 1.54) is 0 Å². The fourth-order valence-electron chi connectivity index (χ4n) is 2.47. The molecule has 0 aromatic heterocycles. The van der Waals surface area contributed by atoms with Gasteiger partial charge in [-0.25, -0.2) is 0 Å². The van der Waals surface area contributed by atoms with Gasteiger partial charge in [-0.2, -0.15) is 0 Å². The minimum absolute atomic E-state index is 0.0478. The van der Waals surface area contributed by atoms with E-state index < -0.39 is 6.29 Å². The first-order valence-corrected chi connectivity index (χ1v) is 8.42. The lowest BCUT2D eigenvalue weighted by Gasteiger charge is -2.25. The Morgan fingerprint density at radius 2 is 1.62 bits per heavy atom. The second kappa shape index (κ2) is 9.91. The molecule has 0 fully saturated rings. The summed E-state index contributed by atoms with van der Waals surface area (Å²) in [7, 11) is 0. The predicted molar refractivity (Wildman–Crippen MR) is 92.5 cm³/mol. The third kappa shape index (κ3) is 5.69. The molecule has 2 rings (SSSR count). The summed E-state index contributed by atoms with van der Waals surface area (Å²) in [5, 5.41) is 0. The SMILES string of the molecule is C=CCCO[C@@H]1C=C[C@@H]([C@@H](C)O[C@@H]2C=C[C@@H]([C@@H](C)OCC=C)O2)O1. The van der Waals surface area contributed by atoms with E-state index in [9.17, 15) is 0 Å². The molecule has 0 N–H and O–H groups in total. The largest absolute Gasteiger partial charge is 0.371 e. The highest BCUT2D eigenvalue weighted by atomic mass is 16.7. The van der Waals surface area contributed by atoms with Gasteiger partial charge in [-0.3, -0.25) is 0 Å². The molecule has 0 aromatic carbocycles. The molecule has 2 aliphatic heterocycles. The van der Waals surface area contributed by atoms with Crippen LogP contribution in [0.15, 0.2) is 49.6 Å². The Kier molecular flexibility index (Phi) is 7.88. The first-order valence-electron chi connectivity index (χ1n) is 8.42. The van der Waals surface area contributed by atoms with Crippen LogP contribution in [0.5, 0.6) is 0 Å². The smallest absolute Gasteiger partial charge is 0.178 e. The van der Waals surface area contributed by atoms with Crippen LogP contribution in [-0.4, -0.2) is 50.2 Å². The van der Waals surface area contributed by atoms with Crippen molar-refractivity contribution < 1.29 is 23.7 Å². The molecular weight excluding hydrogens is 308 g/mol. The van der Waals surface area contributed by atoms with E-state index in [1.807, 2.05) is 44.2 Å². The first kappa shape index (κ1) is 19.1. The molecule has 6 atom stereocenters. The third-order valence-corrected chi connectivity index (χ3v) is 3.85. The molecule has 0 saturated heterocycles. The lowest BCUT2D eigenvalue weighted by Crippen LogP contribution is -2.33. The summed E-state index contributed by atoms with van der Waals surface area (Å²) in [6.45, 7) is 12.3. The molecule has 0 saturated carbocycles. The number of rotatable bonds is 11. The second-order valence-corrected chi connectivity index (χ2v) is 5.82. The van der Waals surface area contributed by atoms with Crippen LogP contribution in [0, 0.1) is 0 Å². The number of hydrogen-bond acceptors (Lipinski definition) is 5. The lowest BCUT2D eigenvalue weighted by molar-refractivity contribution is -0.199. The highest BCUT2D eigenvalue weighted by molar-refractivity contribution is 5.04. The minimum Gasteiger partial charge on any atom is -0.371 e. The van der Waals surface area contributed by atoms with Crippen LogP contribution < -0.4 is 0 Å². The van der Waals surface area contributed by atoms with Crippen molar-refractivity contribution in [2.45, 2.75) is 57.3 Å². The van der Waals surface area contributed by atoms with Gasteiger partial charge in [0.1, 0.15) is 12.2 Å².